The van der Waals surface area contributed by atoms with Crippen LogP contribution in [0.3, 0.4) is 0 Å². The summed E-state index contributed by atoms with van der Waals surface area (Å²) in [5.41, 5.74) is 0.387. The van der Waals surface area contributed by atoms with Crippen molar-refractivity contribution in [2.24, 2.45) is 17.3 Å². The molecule has 1 saturated carbocycles. The Morgan fingerprint density at radius 3 is 2.00 bits per heavy atom. The Morgan fingerprint density at radius 1 is 1.18 bits per heavy atom. The van der Waals surface area contributed by atoms with Crippen LogP contribution in [0.15, 0.2) is 0 Å². The summed E-state index contributed by atoms with van der Waals surface area (Å²) in [6, 6.07) is 0. The van der Waals surface area contributed by atoms with Crippen molar-refractivity contribution in [1.82, 2.24) is 4.90 Å². The summed E-state index contributed by atoms with van der Waals surface area (Å²) in [5, 5.41) is -0.328. The van der Waals surface area contributed by atoms with E-state index in [1.807, 2.05) is 0 Å². The topological polar surface area (TPSA) is 20.3 Å². The average Bonchev–Trinajstić information content (AvgIpc) is 2.26. The molecule has 2 nitrogen and oxygen atoms in total. The minimum Gasteiger partial charge on any atom is -0.348 e. The predicted octanol–water partition coefficient (Wildman–Crippen LogP) is 3.53. The second kappa shape index (κ2) is 5.60. The zero-order chi connectivity index (χ0) is 13.2. The number of rotatable bonds is 2. The SMILES string of the molecule is CN(C)C(=O)C(Cl)C1CCC(C(C)(C)C)CC1. The first-order valence-electron chi connectivity index (χ1n) is 6.58. The molecule has 0 radical (unpaired) electrons. The summed E-state index contributed by atoms with van der Waals surface area (Å²) in [5.74, 6) is 1.20. The molecule has 0 aromatic heterocycles. The number of nitrogens with zero attached hydrogens (tertiary/aromatic N) is 1. The van der Waals surface area contributed by atoms with Crippen molar-refractivity contribution in [3.05, 3.63) is 0 Å². The van der Waals surface area contributed by atoms with Crippen LogP contribution in [-0.2, 0) is 4.79 Å². The second-order valence-corrected chi connectivity index (χ2v) is 7.08. The molecule has 0 aromatic rings. The largest absolute Gasteiger partial charge is 0.348 e. The molecule has 0 saturated heterocycles. The van der Waals surface area contributed by atoms with E-state index in [-0.39, 0.29) is 11.3 Å². The minimum atomic E-state index is -0.328. The molecule has 1 atom stereocenters. The van der Waals surface area contributed by atoms with Crippen molar-refractivity contribution in [2.75, 3.05) is 14.1 Å². The summed E-state index contributed by atoms with van der Waals surface area (Å²) in [6.07, 6.45) is 4.60. The van der Waals surface area contributed by atoms with Crippen molar-refractivity contribution >= 4 is 17.5 Å². The molecule has 0 heterocycles. The molecule has 17 heavy (non-hydrogen) atoms. The van der Waals surface area contributed by atoms with Gasteiger partial charge in [0.25, 0.3) is 0 Å². The standard InChI is InChI=1S/C14H26ClNO/c1-14(2,3)11-8-6-10(7-9-11)12(15)13(17)16(4)5/h10-12H,6-9H2,1-5H3. The van der Waals surface area contributed by atoms with E-state index in [2.05, 4.69) is 20.8 Å². The number of alkyl halides is 1. The lowest BCUT2D eigenvalue weighted by Crippen LogP contribution is -2.37. The molecule has 100 valence electrons. The first-order chi connectivity index (χ1) is 7.73. The Bertz CT molecular complexity index is 262. The highest BCUT2D eigenvalue weighted by Crippen LogP contribution is 2.41. The summed E-state index contributed by atoms with van der Waals surface area (Å²) in [6.45, 7) is 6.92. The number of halogens is 1. The number of hydrogen-bond donors (Lipinski definition) is 0. The molecule has 1 fully saturated rings. The van der Waals surface area contributed by atoms with Gasteiger partial charge in [0.1, 0.15) is 5.38 Å². The predicted molar refractivity (Wildman–Crippen MR) is 73.2 cm³/mol. The number of amides is 1. The molecule has 1 aliphatic rings. The molecule has 0 aromatic carbocycles. The van der Waals surface area contributed by atoms with Gasteiger partial charge in [-0.2, -0.15) is 0 Å². The van der Waals surface area contributed by atoms with E-state index in [9.17, 15) is 4.79 Å². The quantitative estimate of drug-likeness (QED) is 0.695. The van der Waals surface area contributed by atoms with E-state index < -0.39 is 0 Å². The molecule has 1 aliphatic carbocycles. The van der Waals surface area contributed by atoms with E-state index in [4.69, 9.17) is 11.6 Å². The molecule has 0 N–H and O–H groups in total. The molecule has 1 amide bonds. The molecule has 0 aliphatic heterocycles. The van der Waals surface area contributed by atoms with Crippen LogP contribution in [0, 0.1) is 17.3 Å². The summed E-state index contributed by atoms with van der Waals surface area (Å²) >= 11 is 6.28. The molecule has 3 heteroatoms. The van der Waals surface area contributed by atoms with E-state index in [0.29, 0.717) is 11.3 Å². The van der Waals surface area contributed by atoms with E-state index in [1.165, 1.54) is 12.8 Å². The minimum absolute atomic E-state index is 0.0610. The maximum absolute atomic E-state index is 11.8. The zero-order valence-corrected chi connectivity index (χ0v) is 12.5. The number of carbonyl (C=O) groups excluding carboxylic acids is 1. The van der Waals surface area contributed by atoms with Crippen molar-refractivity contribution in [2.45, 2.75) is 51.8 Å². The van der Waals surface area contributed by atoms with Crippen LogP contribution in [0.5, 0.6) is 0 Å². The Labute approximate surface area is 111 Å². The molecule has 1 unspecified atom stereocenters. The van der Waals surface area contributed by atoms with Gasteiger partial charge in [-0.15, -0.1) is 11.6 Å². The van der Waals surface area contributed by atoms with Crippen LogP contribution < -0.4 is 0 Å². The Kier molecular flexibility index (Phi) is 4.88. The fourth-order valence-electron chi connectivity index (χ4n) is 2.73. The monoisotopic (exact) mass is 259 g/mol. The van der Waals surface area contributed by atoms with Crippen molar-refractivity contribution in [3.8, 4) is 0 Å². The number of carbonyl (C=O) groups is 1. The fraction of sp³-hybridized carbons (Fsp3) is 0.929. The lowest BCUT2D eigenvalue weighted by molar-refractivity contribution is -0.129. The lowest BCUT2D eigenvalue weighted by Gasteiger charge is -2.38. The molecular formula is C14H26ClNO. The van der Waals surface area contributed by atoms with Crippen molar-refractivity contribution < 1.29 is 4.79 Å². The van der Waals surface area contributed by atoms with Crippen LogP contribution >= 0.6 is 11.6 Å². The van der Waals surface area contributed by atoms with Gasteiger partial charge in [0.15, 0.2) is 0 Å². The van der Waals surface area contributed by atoms with Gasteiger partial charge in [-0.05, 0) is 42.9 Å². The first kappa shape index (κ1) is 14.8. The smallest absolute Gasteiger partial charge is 0.240 e. The van der Waals surface area contributed by atoms with Gasteiger partial charge >= 0.3 is 0 Å². The van der Waals surface area contributed by atoms with Crippen LogP contribution in [0.25, 0.3) is 0 Å². The van der Waals surface area contributed by atoms with Crippen molar-refractivity contribution in [3.63, 3.8) is 0 Å². The first-order valence-corrected chi connectivity index (χ1v) is 7.02. The molecule has 0 bridgehead atoms. The van der Waals surface area contributed by atoms with Crippen LogP contribution in [-0.4, -0.2) is 30.3 Å². The maximum atomic E-state index is 11.8. The van der Waals surface area contributed by atoms with Gasteiger partial charge in [-0.25, -0.2) is 0 Å². The lowest BCUT2D eigenvalue weighted by atomic mass is 9.69. The normalized spacial score (nSPS) is 27.6. The van der Waals surface area contributed by atoms with Crippen molar-refractivity contribution in [1.29, 1.82) is 0 Å². The van der Waals surface area contributed by atoms with Gasteiger partial charge in [-0.1, -0.05) is 20.8 Å². The van der Waals surface area contributed by atoms with Gasteiger partial charge in [0.2, 0.25) is 5.91 Å². The highest BCUT2D eigenvalue weighted by atomic mass is 35.5. The fourth-order valence-corrected chi connectivity index (χ4v) is 3.17. The third kappa shape index (κ3) is 3.87. The Balaban J connectivity index is 2.50. The third-order valence-corrected chi connectivity index (χ3v) is 4.63. The summed E-state index contributed by atoms with van der Waals surface area (Å²) in [7, 11) is 3.55. The highest BCUT2D eigenvalue weighted by Gasteiger charge is 2.34. The molecule has 0 spiro atoms. The summed E-state index contributed by atoms with van der Waals surface area (Å²) < 4.78 is 0. The zero-order valence-electron chi connectivity index (χ0n) is 11.8. The maximum Gasteiger partial charge on any atom is 0.240 e. The third-order valence-electron chi connectivity index (χ3n) is 4.09. The van der Waals surface area contributed by atoms with Gasteiger partial charge < -0.3 is 4.90 Å². The number of hydrogen-bond acceptors (Lipinski definition) is 1. The van der Waals surface area contributed by atoms with Crippen LogP contribution in [0.2, 0.25) is 0 Å². The summed E-state index contributed by atoms with van der Waals surface area (Å²) in [4.78, 5) is 13.4. The second-order valence-electron chi connectivity index (χ2n) is 6.61. The van der Waals surface area contributed by atoms with E-state index in [0.717, 1.165) is 18.8 Å². The Hall–Kier alpha value is -0.240. The highest BCUT2D eigenvalue weighted by molar-refractivity contribution is 6.30. The van der Waals surface area contributed by atoms with E-state index >= 15 is 0 Å². The van der Waals surface area contributed by atoms with Gasteiger partial charge in [-0.3, -0.25) is 4.79 Å². The average molecular weight is 260 g/mol. The van der Waals surface area contributed by atoms with E-state index in [1.54, 1.807) is 19.0 Å². The van der Waals surface area contributed by atoms with Crippen LogP contribution in [0.4, 0.5) is 0 Å². The molecular weight excluding hydrogens is 234 g/mol. The van der Waals surface area contributed by atoms with Crippen LogP contribution in [0.1, 0.15) is 46.5 Å². The van der Waals surface area contributed by atoms with Gasteiger partial charge in [0.05, 0.1) is 0 Å². The van der Waals surface area contributed by atoms with Gasteiger partial charge in [0, 0.05) is 14.1 Å². The Morgan fingerprint density at radius 2 is 1.65 bits per heavy atom. The molecule has 1 rings (SSSR count).